The van der Waals surface area contributed by atoms with Crippen LogP contribution in [0.3, 0.4) is 0 Å². The lowest BCUT2D eigenvalue weighted by molar-refractivity contribution is -0.151. The van der Waals surface area contributed by atoms with Gasteiger partial charge in [0, 0.05) is 52.1 Å². The first-order valence-electron chi connectivity index (χ1n) is 11.3. The van der Waals surface area contributed by atoms with Gasteiger partial charge in [0.1, 0.15) is 0 Å². The minimum absolute atomic E-state index is 0.242. The Morgan fingerprint density at radius 3 is 1.20 bits per heavy atom. The Morgan fingerprint density at radius 1 is 0.567 bits per heavy atom. The largest absolute Gasteiger partial charge is 0.466 e. The zero-order chi connectivity index (χ0) is 22.5. The Balaban J connectivity index is 3.64. The Bertz CT molecular complexity index is 366. The van der Waals surface area contributed by atoms with E-state index >= 15 is 0 Å². The van der Waals surface area contributed by atoms with Gasteiger partial charge in [-0.15, -0.1) is 0 Å². The van der Waals surface area contributed by atoms with Crippen LogP contribution in [0, 0.1) is 0 Å². The van der Waals surface area contributed by atoms with Gasteiger partial charge in [0.25, 0.3) is 0 Å². The van der Waals surface area contributed by atoms with Crippen molar-refractivity contribution in [2.24, 2.45) is 0 Å². The molecule has 8 heteroatoms. The molecule has 0 fully saturated rings. The van der Waals surface area contributed by atoms with Crippen molar-refractivity contribution >= 4 is 11.9 Å². The molecule has 178 valence electrons. The van der Waals surface area contributed by atoms with Crippen LogP contribution in [0.25, 0.3) is 0 Å². The maximum Gasteiger partial charge on any atom is 0.305 e. The van der Waals surface area contributed by atoms with E-state index in [1.54, 1.807) is 0 Å². The van der Waals surface area contributed by atoms with Gasteiger partial charge in [-0.05, 0) is 53.4 Å². The number of hydrogen-bond donors (Lipinski definition) is 0. The van der Waals surface area contributed by atoms with Crippen LogP contribution in [0.4, 0.5) is 0 Å². The summed E-state index contributed by atoms with van der Waals surface area (Å²) in [4.78, 5) is 23.5. The van der Waals surface area contributed by atoms with Crippen LogP contribution in [0.1, 0.15) is 79.1 Å². The summed E-state index contributed by atoms with van der Waals surface area (Å²) in [5.74, 6) is -0.490. The second-order valence-corrected chi connectivity index (χ2v) is 6.61. The average Bonchev–Trinajstić information content (AvgIpc) is 2.72. The molecule has 0 unspecified atom stereocenters. The maximum absolute atomic E-state index is 11.7. The van der Waals surface area contributed by atoms with E-state index in [-0.39, 0.29) is 24.5 Å². The van der Waals surface area contributed by atoms with E-state index in [9.17, 15) is 9.59 Å². The molecule has 0 radical (unpaired) electrons. The molecule has 0 atom stereocenters. The third-order valence-corrected chi connectivity index (χ3v) is 4.12. The van der Waals surface area contributed by atoms with E-state index in [0.29, 0.717) is 91.0 Å². The first kappa shape index (κ1) is 28.8. The van der Waals surface area contributed by atoms with Crippen molar-refractivity contribution in [1.29, 1.82) is 0 Å². The molecule has 0 rings (SSSR count). The van der Waals surface area contributed by atoms with Gasteiger partial charge >= 0.3 is 11.9 Å². The number of rotatable bonds is 21. The fourth-order valence-corrected chi connectivity index (χ4v) is 2.73. The van der Waals surface area contributed by atoms with Gasteiger partial charge in [0.15, 0.2) is 12.6 Å². The number of esters is 2. The van der Waals surface area contributed by atoms with Gasteiger partial charge in [-0.3, -0.25) is 9.59 Å². The molecule has 0 saturated carbocycles. The first-order chi connectivity index (χ1) is 14.6. The quantitative estimate of drug-likeness (QED) is 0.152. The van der Waals surface area contributed by atoms with Gasteiger partial charge in [-0.25, -0.2) is 0 Å². The highest BCUT2D eigenvalue weighted by molar-refractivity contribution is 5.70. The summed E-state index contributed by atoms with van der Waals surface area (Å²) < 4.78 is 32.2. The summed E-state index contributed by atoms with van der Waals surface area (Å²) >= 11 is 0. The van der Waals surface area contributed by atoms with E-state index in [4.69, 9.17) is 28.4 Å². The zero-order valence-electron chi connectivity index (χ0n) is 19.3. The summed E-state index contributed by atoms with van der Waals surface area (Å²) in [5, 5.41) is 0. The van der Waals surface area contributed by atoms with E-state index in [0.717, 1.165) is 0 Å². The van der Waals surface area contributed by atoms with Gasteiger partial charge in [0.05, 0.1) is 13.2 Å². The SMILES string of the molecule is CCOC(CCCOC(=O)CCCCC(=O)OCCCC(OCC)OCC)OCC. The molecule has 0 heterocycles. The number of hydrogen-bond acceptors (Lipinski definition) is 8. The first-order valence-corrected chi connectivity index (χ1v) is 11.3. The van der Waals surface area contributed by atoms with Crippen molar-refractivity contribution in [1.82, 2.24) is 0 Å². The molecule has 0 aromatic heterocycles. The normalized spacial score (nSPS) is 11.3. The number of carbonyl (C=O) groups excluding carboxylic acids is 2. The van der Waals surface area contributed by atoms with Gasteiger partial charge in [-0.2, -0.15) is 0 Å². The highest BCUT2D eigenvalue weighted by Crippen LogP contribution is 2.08. The molecule has 0 N–H and O–H groups in total. The molecule has 0 amide bonds. The number of carbonyl (C=O) groups is 2. The molecule has 0 saturated heterocycles. The van der Waals surface area contributed by atoms with Crippen LogP contribution >= 0.6 is 0 Å². The minimum atomic E-state index is -0.245. The summed E-state index contributed by atoms with van der Waals surface area (Å²) in [5.41, 5.74) is 0. The third-order valence-electron chi connectivity index (χ3n) is 4.12. The molecule has 0 aromatic carbocycles. The number of unbranched alkanes of at least 4 members (excludes halogenated alkanes) is 1. The molecular formula is C22H42O8. The predicted octanol–water partition coefficient (Wildman–Crippen LogP) is 3.99. The summed E-state index contributed by atoms with van der Waals surface area (Å²) in [6.45, 7) is 10.7. The second-order valence-electron chi connectivity index (χ2n) is 6.61. The second kappa shape index (κ2) is 21.0. The van der Waals surface area contributed by atoms with Crippen LogP contribution in [0.2, 0.25) is 0 Å². The molecule has 0 aliphatic carbocycles. The highest BCUT2D eigenvalue weighted by atomic mass is 16.7. The summed E-state index contributed by atoms with van der Waals surface area (Å²) in [6, 6.07) is 0. The Morgan fingerprint density at radius 2 is 0.900 bits per heavy atom. The summed E-state index contributed by atoms with van der Waals surface area (Å²) in [6.07, 6.45) is 4.09. The smallest absolute Gasteiger partial charge is 0.305 e. The fraction of sp³-hybridized carbons (Fsp3) is 0.909. The van der Waals surface area contributed by atoms with Crippen molar-refractivity contribution in [2.45, 2.75) is 91.6 Å². The Kier molecular flexibility index (Phi) is 20.2. The van der Waals surface area contributed by atoms with Crippen molar-refractivity contribution in [3.63, 3.8) is 0 Å². The number of ether oxygens (including phenoxy) is 6. The van der Waals surface area contributed by atoms with Gasteiger partial charge in [-0.1, -0.05) is 0 Å². The molecule has 0 spiro atoms. The summed E-state index contributed by atoms with van der Waals surface area (Å²) in [7, 11) is 0. The third kappa shape index (κ3) is 17.6. The molecule has 30 heavy (non-hydrogen) atoms. The molecular weight excluding hydrogens is 392 g/mol. The molecule has 0 aliphatic heterocycles. The van der Waals surface area contributed by atoms with Crippen LogP contribution < -0.4 is 0 Å². The van der Waals surface area contributed by atoms with Crippen LogP contribution in [-0.4, -0.2) is 64.2 Å². The van der Waals surface area contributed by atoms with E-state index in [1.165, 1.54) is 0 Å². The lowest BCUT2D eigenvalue weighted by atomic mass is 10.2. The Labute approximate surface area is 181 Å². The van der Waals surface area contributed by atoms with Crippen LogP contribution in [0.5, 0.6) is 0 Å². The maximum atomic E-state index is 11.7. The molecule has 8 nitrogen and oxygen atoms in total. The van der Waals surface area contributed by atoms with Gasteiger partial charge in [0.2, 0.25) is 0 Å². The van der Waals surface area contributed by atoms with Crippen LogP contribution in [0.15, 0.2) is 0 Å². The van der Waals surface area contributed by atoms with Crippen molar-refractivity contribution in [3.8, 4) is 0 Å². The van der Waals surface area contributed by atoms with Crippen molar-refractivity contribution < 1.29 is 38.0 Å². The molecule has 0 aromatic rings. The van der Waals surface area contributed by atoms with Crippen molar-refractivity contribution in [2.75, 3.05) is 39.6 Å². The van der Waals surface area contributed by atoms with Gasteiger partial charge < -0.3 is 28.4 Å². The fourth-order valence-electron chi connectivity index (χ4n) is 2.73. The minimum Gasteiger partial charge on any atom is -0.466 e. The van der Waals surface area contributed by atoms with Crippen LogP contribution in [-0.2, 0) is 38.0 Å². The van der Waals surface area contributed by atoms with Crippen molar-refractivity contribution in [3.05, 3.63) is 0 Å². The predicted molar refractivity (Wildman–Crippen MR) is 113 cm³/mol. The lowest BCUT2D eigenvalue weighted by Crippen LogP contribution is -2.18. The monoisotopic (exact) mass is 434 g/mol. The van der Waals surface area contributed by atoms with E-state index in [2.05, 4.69) is 0 Å². The Hall–Kier alpha value is -1.22. The molecule has 0 aliphatic rings. The zero-order valence-corrected chi connectivity index (χ0v) is 19.3. The average molecular weight is 435 g/mol. The molecule has 0 bridgehead atoms. The lowest BCUT2D eigenvalue weighted by Gasteiger charge is -2.16. The standard InChI is InChI=1S/C22H42O8/c1-5-25-21(26-6-2)15-11-17-29-19(23)13-9-10-14-20(24)30-18-12-16-22(27-7-3)28-8-4/h21-22H,5-18H2,1-4H3. The van der Waals surface area contributed by atoms with E-state index in [1.807, 2.05) is 27.7 Å². The topological polar surface area (TPSA) is 89.5 Å². The highest BCUT2D eigenvalue weighted by Gasteiger charge is 2.11. The van der Waals surface area contributed by atoms with E-state index < -0.39 is 0 Å².